The topological polar surface area (TPSA) is 12.9 Å². The second-order valence-electron chi connectivity index (χ2n) is 2.01. The maximum Gasteiger partial charge on any atom is 0.202 e. The van der Waals surface area contributed by atoms with E-state index in [2.05, 4.69) is 16.8 Å². The fraction of sp³-hybridized carbons (Fsp3) is 0.222. The summed E-state index contributed by atoms with van der Waals surface area (Å²) in [6.45, 7) is 1.61. The van der Waals surface area contributed by atoms with Crippen molar-refractivity contribution >= 4 is 0 Å². The summed E-state index contributed by atoms with van der Waals surface area (Å²) in [7, 11) is 0. The number of hydrogen-bond donors (Lipinski definition) is 0. The molecule has 0 bridgehead atoms. The maximum atomic E-state index is 12.9. The molecule has 0 aliphatic rings. The molecule has 0 aliphatic heterocycles. The summed E-state index contributed by atoms with van der Waals surface area (Å²) in [5.74, 6) is 4.88. The number of hydrogen-bond acceptors (Lipinski definition) is 1. The van der Waals surface area contributed by atoms with E-state index in [0.29, 0.717) is 5.69 Å². The van der Waals surface area contributed by atoms with Crippen LogP contribution in [-0.4, -0.2) is 4.98 Å². The molecule has 0 aliphatic carbocycles. The van der Waals surface area contributed by atoms with Crippen molar-refractivity contribution in [3.05, 3.63) is 30.1 Å². The fourth-order valence-corrected chi connectivity index (χ4v) is 0.727. The van der Waals surface area contributed by atoms with E-state index in [0.717, 1.165) is 0 Å². The maximum absolute atomic E-state index is 12.9. The lowest BCUT2D eigenvalue weighted by Crippen LogP contribution is -1.90. The number of halogens is 1. The fourth-order valence-electron chi connectivity index (χ4n) is 0.727. The van der Waals surface area contributed by atoms with E-state index in [9.17, 15) is 4.39 Å². The van der Waals surface area contributed by atoms with E-state index in [-0.39, 0.29) is 0 Å². The molecule has 2 heteroatoms. The summed E-state index contributed by atoms with van der Waals surface area (Å²) < 4.78 is 12.9. The van der Waals surface area contributed by atoms with Crippen LogP contribution in [0.25, 0.3) is 0 Å². The van der Waals surface area contributed by atoms with Crippen LogP contribution in [0, 0.1) is 11.8 Å². The van der Waals surface area contributed by atoms with Gasteiger partial charge in [0.25, 0.3) is 0 Å². The van der Waals surface area contributed by atoms with Crippen LogP contribution in [0.4, 0.5) is 4.39 Å². The summed E-state index contributed by atoms with van der Waals surface area (Å²) in [5, 5.41) is 0. The Balaban J connectivity index is 2.82. The molecule has 1 unspecified atom stereocenters. The van der Waals surface area contributed by atoms with E-state index in [4.69, 9.17) is 0 Å². The van der Waals surface area contributed by atoms with Crippen LogP contribution in [0.15, 0.2) is 24.4 Å². The molecule has 0 saturated heterocycles. The number of pyridine rings is 1. The summed E-state index contributed by atoms with van der Waals surface area (Å²) in [4.78, 5) is 3.82. The number of alkyl halides is 1. The van der Waals surface area contributed by atoms with Crippen molar-refractivity contribution in [2.45, 2.75) is 13.1 Å². The molecule has 0 amide bonds. The first-order chi connectivity index (χ1) is 5.34. The van der Waals surface area contributed by atoms with Crippen LogP contribution in [0.5, 0.6) is 0 Å². The normalized spacial score (nSPS) is 11.5. The smallest absolute Gasteiger partial charge is 0.202 e. The predicted octanol–water partition coefficient (Wildman–Crippen LogP) is 2.12. The highest BCUT2D eigenvalue weighted by molar-refractivity contribution is 5.17. The highest BCUT2D eigenvalue weighted by Crippen LogP contribution is 2.11. The van der Waals surface area contributed by atoms with Crippen molar-refractivity contribution in [2.24, 2.45) is 0 Å². The lowest BCUT2D eigenvalue weighted by molar-refractivity contribution is 0.419. The second-order valence-corrected chi connectivity index (χ2v) is 2.01. The molecule has 1 aromatic heterocycles. The number of rotatable bonds is 1. The number of nitrogens with zero attached hydrogens (tertiary/aromatic N) is 1. The Morgan fingerprint density at radius 3 is 2.91 bits per heavy atom. The highest BCUT2D eigenvalue weighted by Gasteiger charge is 2.04. The standard InChI is InChI=1S/C9H8FN/c1-2-5-8(10)9-6-3-4-7-11-9/h3-4,6-8H,1H3. The van der Waals surface area contributed by atoms with Gasteiger partial charge in [-0.1, -0.05) is 12.0 Å². The average molecular weight is 149 g/mol. The Morgan fingerprint density at radius 2 is 2.36 bits per heavy atom. The third-order valence-electron chi connectivity index (χ3n) is 1.22. The SMILES string of the molecule is CC#CC(F)c1ccccn1. The van der Waals surface area contributed by atoms with E-state index in [1.165, 1.54) is 0 Å². The third kappa shape index (κ3) is 2.05. The molecule has 1 rings (SSSR count). The molecular formula is C9H8FN. The van der Waals surface area contributed by atoms with Gasteiger partial charge < -0.3 is 0 Å². The lowest BCUT2D eigenvalue weighted by atomic mass is 10.2. The van der Waals surface area contributed by atoms with Crippen LogP contribution in [-0.2, 0) is 0 Å². The first kappa shape index (κ1) is 7.74. The predicted molar refractivity (Wildman–Crippen MR) is 41.5 cm³/mol. The van der Waals surface area contributed by atoms with Gasteiger partial charge in [0.2, 0.25) is 6.17 Å². The van der Waals surface area contributed by atoms with Crippen molar-refractivity contribution in [1.82, 2.24) is 4.98 Å². The minimum Gasteiger partial charge on any atom is -0.257 e. The van der Waals surface area contributed by atoms with Crippen molar-refractivity contribution in [1.29, 1.82) is 0 Å². The molecule has 0 aromatic carbocycles. The minimum absolute atomic E-state index is 0.377. The zero-order valence-corrected chi connectivity index (χ0v) is 6.21. The molecule has 0 radical (unpaired) electrons. The molecule has 11 heavy (non-hydrogen) atoms. The first-order valence-electron chi connectivity index (χ1n) is 3.32. The van der Waals surface area contributed by atoms with Crippen molar-refractivity contribution in [3.8, 4) is 11.8 Å². The Morgan fingerprint density at radius 1 is 1.55 bits per heavy atom. The zero-order chi connectivity index (χ0) is 8.10. The van der Waals surface area contributed by atoms with Gasteiger partial charge in [-0.15, -0.1) is 5.92 Å². The van der Waals surface area contributed by atoms with Gasteiger partial charge >= 0.3 is 0 Å². The van der Waals surface area contributed by atoms with Crippen LogP contribution < -0.4 is 0 Å². The molecule has 1 heterocycles. The quantitative estimate of drug-likeness (QED) is 0.557. The first-order valence-corrected chi connectivity index (χ1v) is 3.32. The number of aromatic nitrogens is 1. The van der Waals surface area contributed by atoms with E-state index in [1.807, 2.05) is 0 Å². The van der Waals surface area contributed by atoms with Gasteiger partial charge in [0, 0.05) is 6.20 Å². The zero-order valence-electron chi connectivity index (χ0n) is 6.21. The van der Waals surface area contributed by atoms with Gasteiger partial charge in [-0.05, 0) is 19.1 Å². The third-order valence-corrected chi connectivity index (χ3v) is 1.22. The molecule has 0 spiro atoms. The Hall–Kier alpha value is -1.36. The summed E-state index contributed by atoms with van der Waals surface area (Å²) in [5.41, 5.74) is 0.377. The van der Waals surface area contributed by atoms with Crippen LogP contribution in [0.3, 0.4) is 0 Å². The minimum atomic E-state index is -1.25. The lowest BCUT2D eigenvalue weighted by Gasteiger charge is -1.96. The van der Waals surface area contributed by atoms with Crippen LogP contribution in [0.1, 0.15) is 18.8 Å². The van der Waals surface area contributed by atoms with Crippen LogP contribution >= 0.6 is 0 Å². The molecule has 0 N–H and O–H groups in total. The summed E-state index contributed by atoms with van der Waals surface area (Å²) in [6.07, 6.45) is 0.306. The van der Waals surface area contributed by atoms with Crippen molar-refractivity contribution < 1.29 is 4.39 Å². The monoisotopic (exact) mass is 149 g/mol. The van der Waals surface area contributed by atoms with Gasteiger partial charge in [0.05, 0.1) is 5.69 Å². The molecule has 1 nitrogen and oxygen atoms in total. The molecule has 1 atom stereocenters. The van der Waals surface area contributed by atoms with Gasteiger partial charge in [-0.2, -0.15) is 0 Å². The van der Waals surface area contributed by atoms with Gasteiger partial charge in [0.1, 0.15) is 0 Å². The Bertz CT molecular complexity index is 271. The van der Waals surface area contributed by atoms with Gasteiger partial charge in [-0.25, -0.2) is 4.39 Å². The van der Waals surface area contributed by atoms with Crippen molar-refractivity contribution in [3.63, 3.8) is 0 Å². The summed E-state index contributed by atoms with van der Waals surface area (Å²) in [6, 6.07) is 5.11. The Labute approximate surface area is 65.3 Å². The van der Waals surface area contributed by atoms with Gasteiger partial charge in [-0.3, -0.25) is 4.98 Å². The molecule has 0 fully saturated rings. The highest BCUT2D eigenvalue weighted by atomic mass is 19.1. The van der Waals surface area contributed by atoms with Crippen LogP contribution in [0.2, 0.25) is 0 Å². The Kier molecular flexibility index (Phi) is 2.62. The van der Waals surface area contributed by atoms with E-state index in [1.54, 1.807) is 31.3 Å². The van der Waals surface area contributed by atoms with Gasteiger partial charge in [0.15, 0.2) is 0 Å². The largest absolute Gasteiger partial charge is 0.257 e. The average Bonchev–Trinajstić information content (AvgIpc) is 2.07. The second kappa shape index (κ2) is 3.72. The summed E-state index contributed by atoms with van der Waals surface area (Å²) >= 11 is 0. The molecule has 1 aromatic rings. The molecular weight excluding hydrogens is 141 g/mol. The molecule has 56 valence electrons. The van der Waals surface area contributed by atoms with E-state index >= 15 is 0 Å². The van der Waals surface area contributed by atoms with Crippen molar-refractivity contribution in [2.75, 3.05) is 0 Å². The molecule has 0 saturated carbocycles. The van der Waals surface area contributed by atoms with E-state index < -0.39 is 6.17 Å².